The second-order valence-corrected chi connectivity index (χ2v) is 10.9. The van der Waals surface area contributed by atoms with E-state index in [1.54, 1.807) is 7.05 Å². The van der Waals surface area contributed by atoms with E-state index in [1.165, 1.54) is 7.11 Å². The highest BCUT2D eigenvalue weighted by Crippen LogP contribution is 2.29. The molecule has 0 fully saturated rings. The molecule has 0 atom stereocenters. The van der Waals surface area contributed by atoms with Crippen molar-refractivity contribution in [2.45, 2.75) is 59.0 Å². The smallest absolute Gasteiger partial charge is 0.407 e. The zero-order chi connectivity index (χ0) is 29.4. The minimum Gasteiger partial charge on any atom is -0.464 e. The van der Waals surface area contributed by atoms with Crippen molar-refractivity contribution in [3.8, 4) is 11.1 Å². The fourth-order valence-corrected chi connectivity index (χ4v) is 4.56. The lowest BCUT2D eigenvalue weighted by Gasteiger charge is -2.19. The average molecular weight is 568 g/mol. The number of carbonyl (C=O) groups excluding carboxylic acids is 2. The van der Waals surface area contributed by atoms with E-state index in [1.807, 2.05) is 74.8 Å². The van der Waals surface area contributed by atoms with E-state index in [4.69, 9.17) is 26.5 Å². The van der Waals surface area contributed by atoms with Gasteiger partial charge in [0.25, 0.3) is 0 Å². The molecule has 2 heterocycles. The molecule has 0 aliphatic rings. The van der Waals surface area contributed by atoms with E-state index >= 15 is 0 Å². The lowest BCUT2D eigenvalue weighted by atomic mass is 9.94. The minimum absolute atomic E-state index is 0.139. The zero-order valence-electron chi connectivity index (χ0n) is 24.0. The number of alkyl carbamates (subject to hydrolysis) is 1. The van der Waals surface area contributed by atoms with Crippen LogP contribution in [0.25, 0.3) is 16.8 Å². The number of methoxy groups -OCH3 is 1. The number of ether oxygens (including phenoxy) is 2. The van der Waals surface area contributed by atoms with Gasteiger partial charge in [0, 0.05) is 54.4 Å². The van der Waals surface area contributed by atoms with Gasteiger partial charge in [0.1, 0.15) is 17.0 Å². The molecular weight excluding hydrogens is 530 g/mol. The topological polar surface area (TPSA) is 118 Å². The van der Waals surface area contributed by atoms with Crippen molar-refractivity contribution >= 4 is 35.0 Å². The monoisotopic (exact) mass is 567 g/mol. The molecule has 3 aromatic rings. The average Bonchev–Trinajstić information content (AvgIpc) is 3.31. The number of rotatable bonds is 11. The van der Waals surface area contributed by atoms with E-state index in [0.717, 1.165) is 33.7 Å². The molecule has 10 heteroatoms. The van der Waals surface area contributed by atoms with Crippen LogP contribution in [0.2, 0.25) is 5.02 Å². The number of aromatic nitrogens is 2. The summed E-state index contributed by atoms with van der Waals surface area (Å²) >= 11 is 6.38. The van der Waals surface area contributed by atoms with Gasteiger partial charge in [0.05, 0.1) is 7.11 Å². The Morgan fingerprint density at radius 3 is 2.58 bits per heavy atom. The Kier molecular flexibility index (Phi) is 10.3. The van der Waals surface area contributed by atoms with Crippen LogP contribution in [-0.2, 0) is 27.1 Å². The first kappa shape index (κ1) is 30.7. The van der Waals surface area contributed by atoms with E-state index in [0.29, 0.717) is 42.8 Å². The third-order valence-corrected chi connectivity index (χ3v) is 6.64. The number of pyridine rings is 1. The van der Waals surface area contributed by atoms with E-state index < -0.39 is 17.7 Å². The van der Waals surface area contributed by atoms with Crippen molar-refractivity contribution in [2.75, 3.05) is 20.7 Å². The molecular formula is C30H38ClN5O4. The number of carbonyl (C=O) groups is 2. The Hall–Kier alpha value is -3.85. The zero-order valence-corrected chi connectivity index (χ0v) is 24.7. The molecule has 2 aromatic heterocycles. The van der Waals surface area contributed by atoms with Crippen LogP contribution in [0.15, 0.2) is 54.0 Å². The van der Waals surface area contributed by atoms with Crippen LogP contribution < -0.4 is 10.6 Å². The molecule has 0 aliphatic heterocycles. The highest BCUT2D eigenvalue weighted by atomic mass is 35.5. The predicted octanol–water partition coefficient (Wildman–Crippen LogP) is 5.73. The van der Waals surface area contributed by atoms with Crippen molar-refractivity contribution in [1.29, 1.82) is 5.41 Å². The van der Waals surface area contributed by atoms with Gasteiger partial charge in [-0.3, -0.25) is 5.41 Å². The summed E-state index contributed by atoms with van der Waals surface area (Å²) in [6.07, 6.45) is 5.92. The van der Waals surface area contributed by atoms with E-state index in [-0.39, 0.29) is 5.71 Å². The summed E-state index contributed by atoms with van der Waals surface area (Å²) in [4.78, 5) is 28.5. The van der Waals surface area contributed by atoms with Crippen LogP contribution in [0.4, 0.5) is 4.79 Å². The maximum absolute atomic E-state index is 12.0. The minimum atomic E-state index is -0.654. The molecule has 1 aromatic carbocycles. The molecule has 0 spiro atoms. The van der Waals surface area contributed by atoms with Gasteiger partial charge in [-0.15, -0.1) is 0 Å². The number of nitrogens with one attached hydrogen (secondary N) is 3. The number of hydrogen-bond donors (Lipinski definition) is 3. The number of imidazole rings is 1. The van der Waals surface area contributed by atoms with Gasteiger partial charge >= 0.3 is 12.1 Å². The number of nitrogens with zero attached hydrogens (tertiary/aromatic N) is 2. The number of esters is 1. The molecule has 0 bridgehead atoms. The molecule has 0 aliphatic carbocycles. The first-order chi connectivity index (χ1) is 18.9. The Bertz CT molecular complexity index is 1420. The lowest BCUT2D eigenvalue weighted by molar-refractivity contribution is -0.132. The number of aryl methyl sites for hydroxylation is 1. The van der Waals surface area contributed by atoms with Crippen molar-refractivity contribution in [3.63, 3.8) is 0 Å². The second-order valence-electron chi connectivity index (χ2n) is 10.4. The number of fused-ring (bicyclic) bond motifs is 1. The van der Waals surface area contributed by atoms with Crippen molar-refractivity contribution < 1.29 is 19.1 Å². The number of hydrogen-bond acceptors (Lipinski definition) is 7. The number of amides is 1. The fraction of sp³-hybridized carbons (Fsp3) is 0.400. The first-order valence-electron chi connectivity index (χ1n) is 13.2. The second kappa shape index (κ2) is 13.5. The highest BCUT2D eigenvalue weighted by molar-refractivity contribution is 6.42. The number of benzene rings is 1. The van der Waals surface area contributed by atoms with Crippen LogP contribution in [0.3, 0.4) is 0 Å². The van der Waals surface area contributed by atoms with Gasteiger partial charge in [-0.25, -0.2) is 14.6 Å². The van der Waals surface area contributed by atoms with E-state index in [2.05, 4.69) is 15.6 Å². The van der Waals surface area contributed by atoms with Crippen LogP contribution in [0.5, 0.6) is 0 Å². The summed E-state index contributed by atoms with van der Waals surface area (Å²) in [5, 5.41) is 14.7. The van der Waals surface area contributed by atoms with Gasteiger partial charge in [0.15, 0.2) is 0 Å². The number of allylic oxidation sites excluding steroid dienone is 1. The largest absolute Gasteiger partial charge is 0.464 e. The van der Waals surface area contributed by atoms with Gasteiger partial charge in [-0.1, -0.05) is 17.7 Å². The van der Waals surface area contributed by atoms with Crippen molar-refractivity contribution in [2.24, 2.45) is 0 Å². The van der Waals surface area contributed by atoms with Crippen LogP contribution >= 0.6 is 11.6 Å². The maximum atomic E-state index is 12.0. The summed E-state index contributed by atoms with van der Waals surface area (Å²) < 4.78 is 12.1. The Labute approximate surface area is 240 Å². The molecule has 1 amide bonds. The molecule has 3 N–H and O–H groups in total. The Morgan fingerprint density at radius 1 is 1.15 bits per heavy atom. The molecule has 0 unspecified atom stereocenters. The Morgan fingerprint density at radius 2 is 1.90 bits per heavy atom. The highest BCUT2D eigenvalue weighted by Gasteiger charge is 2.18. The van der Waals surface area contributed by atoms with Gasteiger partial charge in [-0.05, 0) is 87.9 Å². The van der Waals surface area contributed by atoms with Crippen molar-refractivity contribution in [1.82, 2.24) is 20.0 Å². The standard InChI is InChI=1S/C30H38ClN5O4/c1-19(33-5)24(27(32)28(37)39-6)9-7-8-20-16-22(31)11-12-25(20)21-10-13-26-35-17-23(36(26)18-21)14-15-34-29(38)40-30(2,3)4/h10-13,16-18,32-33H,7-9,14-15H2,1-6H3,(H,34,38)/b24-19-,32-27?. The Balaban J connectivity index is 1.79. The third kappa shape index (κ3) is 8.08. The lowest BCUT2D eigenvalue weighted by Crippen LogP contribution is -2.33. The molecule has 0 radical (unpaired) electrons. The molecule has 9 nitrogen and oxygen atoms in total. The first-order valence-corrected chi connectivity index (χ1v) is 13.6. The summed E-state index contributed by atoms with van der Waals surface area (Å²) in [6.45, 7) is 7.75. The summed E-state index contributed by atoms with van der Waals surface area (Å²) in [7, 11) is 3.05. The van der Waals surface area contributed by atoms with E-state index in [9.17, 15) is 9.59 Å². The quantitative estimate of drug-likeness (QED) is 0.201. The predicted molar refractivity (Wildman–Crippen MR) is 158 cm³/mol. The SMILES string of the molecule is CN/C(C)=C(/CCCc1cc(Cl)ccc1-c1ccc2ncc(CCNC(=O)OC(C)(C)C)n2c1)C(=N)C(=O)OC. The van der Waals surface area contributed by atoms with Gasteiger partial charge < -0.3 is 24.5 Å². The van der Waals surface area contributed by atoms with Gasteiger partial charge in [-0.2, -0.15) is 0 Å². The van der Waals surface area contributed by atoms with Crippen molar-refractivity contribution in [3.05, 3.63) is 70.3 Å². The molecule has 0 saturated heterocycles. The van der Waals surface area contributed by atoms with Crippen LogP contribution in [0, 0.1) is 5.41 Å². The van der Waals surface area contributed by atoms with Gasteiger partial charge in [0.2, 0.25) is 0 Å². The molecule has 3 rings (SSSR count). The molecule has 214 valence electrons. The summed E-state index contributed by atoms with van der Waals surface area (Å²) in [6, 6.07) is 9.83. The summed E-state index contributed by atoms with van der Waals surface area (Å²) in [5.74, 6) is -0.654. The van der Waals surface area contributed by atoms with Crippen LogP contribution in [0.1, 0.15) is 51.8 Å². The molecule has 40 heavy (non-hydrogen) atoms. The summed E-state index contributed by atoms with van der Waals surface area (Å²) in [5.41, 5.74) is 5.58. The fourth-order valence-electron chi connectivity index (χ4n) is 4.36. The number of halogens is 1. The van der Waals surface area contributed by atoms with Crippen LogP contribution in [-0.4, -0.2) is 53.5 Å². The molecule has 0 saturated carbocycles. The maximum Gasteiger partial charge on any atom is 0.407 e. The third-order valence-electron chi connectivity index (χ3n) is 6.40. The normalized spacial score (nSPS) is 12.1.